The van der Waals surface area contributed by atoms with E-state index in [2.05, 4.69) is 10.1 Å². The van der Waals surface area contributed by atoms with Crippen LogP contribution < -0.4 is 5.32 Å². The summed E-state index contributed by atoms with van der Waals surface area (Å²) < 4.78 is 4.66. The number of carbonyl (C=O) groups is 2. The summed E-state index contributed by atoms with van der Waals surface area (Å²) in [5, 5.41) is 11.1. The number of hydrogen-bond donors (Lipinski definition) is 2. The lowest BCUT2D eigenvalue weighted by Crippen LogP contribution is -2.35. The maximum absolute atomic E-state index is 10.8. The van der Waals surface area contributed by atoms with E-state index in [4.69, 9.17) is 5.11 Å². The monoisotopic (exact) mass is 189 g/mol. The summed E-state index contributed by atoms with van der Waals surface area (Å²) in [6.45, 7) is 3.93. The molecule has 0 aliphatic heterocycles. The third-order valence-electron chi connectivity index (χ3n) is 1.46. The molecule has 0 rings (SSSR count). The van der Waals surface area contributed by atoms with Crippen LogP contribution in [0, 0.1) is 0 Å². The lowest BCUT2D eigenvalue weighted by atomic mass is 10.3. The average Bonchev–Trinajstić information content (AvgIpc) is 2.04. The molecule has 0 aliphatic carbocycles. The van der Waals surface area contributed by atoms with Gasteiger partial charge in [-0.1, -0.05) is 0 Å². The first-order valence-electron chi connectivity index (χ1n) is 4.19. The lowest BCUT2D eigenvalue weighted by Gasteiger charge is -2.07. The summed E-state index contributed by atoms with van der Waals surface area (Å²) in [7, 11) is 0. The van der Waals surface area contributed by atoms with Crippen molar-refractivity contribution in [1.29, 1.82) is 0 Å². The summed E-state index contributed by atoms with van der Waals surface area (Å²) >= 11 is 0. The highest BCUT2D eigenvalue weighted by atomic mass is 16.5. The van der Waals surface area contributed by atoms with Crippen LogP contribution >= 0.6 is 0 Å². The zero-order valence-corrected chi connectivity index (χ0v) is 7.87. The molecular weight excluding hydrogens is 174 g/mol. The van der Waals surface area contributed by atoms with Crippen LogP contribution in [-0.4, -0.2) is 36.2 Å². The van der Waals surface area contributed by atoms with E-state index in [1.165, 1.54) is 6.92 Å². The number of carbonyl (C=O) groups excluding carboxylic acids is 1. The third-order valence-corrected chi connectivity index (χ3v) is 1.46. The second-order valence-electron chi connectivity index (χ2n) is 2.57. The van der Waals surface area contributed by atoms with Gasteiger partial charge in [0.05, 0.1) is 13.0 Å². The fraction of sp³-hybridized carbons (Fsp3) is 0.750. The topological polar surface area (TPSA) is 75.6 Å². The van der Waals surface area contributed by atoms with Crippen LogP contribution in [0.25, 0.3) is 0 Å². The molecule has 0 saturated carbocycles. The Hall–Kier alpha value is -1.10. The zero-order chi connectivity index (χ0) is 10.3. The van der Waals surface area contributed by atoms with Gasteiger partial charge in [-0.15, -0.1) is 0 Å². The molecule has 0 amide bonds. The fourth-order valence-corrected chi connectivity index (χ4v) is 0.711. The van der Waals surface area contributed by atoms with Gasteiger partial charge < -0.3 is 15.2 Å². The highest BCUT2D eigenvalue weighted by Crippen LogP contribution is 1.86. The summed E-state index contributed by atoms with van der Waals surface area (Å²) in [4.78, 5) is 21.1. The number of nitrogens with one attached hydrogen (secondary N) is 1. The number of esters is 1. The van der Waals surface area contributed by atoms with Gasteiger partial charge in [-0.25, -0.2) is 0 Å². The summed E-state index contributed by atoms with van der Waals surface area (Å²) in [6.07, 6.45) is 0.200. The highest BCUT2D eigenvalue weighted by Gasteiger charge is 2.10. The highest BCUT2D eigenvalue weighted by molar-refractivity contribution is 5.73. The quantitative estimate of drug-likeness (QED) is 0.575. The molecule has 0 fully saturated rings. The molecule has 0 aromatic carbocycles. The van der Waals surface area contributed by atoms with Crippen molar-refractivity contribution in [1.82, 2.24) is 5.32 Å². The number of carboxylic acid groups (broad SMARTS) is 1. The SMILES string of the molecule is CCOC(=O)CCN[C@@H](C)C(=O)O. The first kappa shape index (κ1) is 11.9. The second-order valence-corrected chi connectivity index (χ2v) is 2.57. The average molecular weight is 189 g/mol. The Morgan fingerprint density at radius 2 is 2.15 bits per heavy atom. The minimum Gasteiger partial charge on any atom is -0.480 e. The van der Waals surface area contributed by atoms with E-state index in [9.17, 15) is 9.59 Å². The van der Waals surface area contributed by atoms with Gasteiger partial charge in [-0.05, 0) is 13.8 Å². The van der Waals surface area contributed by atoms with Crippen molar-refractivity contribution in [2.75, 3.05) is 13.2 Å². The maximum atomic E-state index is 10.8. The van der Waals surface area contributed by atoms with Gasteiger partial charge in [0.1, 0.15) is 6.04 Å². The summed E-state index contributed by atoms with van der Waals surface area (Å²) in [5.41, 5.74) is 0. The molecular formula is C8H15NO4. The van der Waals surface area contributed by atoms with Crippen LogP contribution in [0.3, 0.4) is 0 Å². The molecule has 0 heterocycles. The lowest BCUT2D eigenvalue weighted by molar-refractivity contribution is -0.144. The van der Waals surface area contributed by atoms with Crippen LogP contribution in [-0.2, 0) is 14.3 Å². The predicted octanol–water partition coefficient (Wildman–Crippen LogP) is 0.00230. The van der Waals surface area contributed by atoms with Crippen LogP contribution in [0.5, 0.6) is 0 Å². The molecule has 1 atom stereocenters. The number of ether oxygens (including phenoxy) is 1. The van der Waals surface area contributed by atoms with Gasteiger partial charge in [0.2, 0.25) is 0 Å². The third kappa shape index (κ3) is 6.10. The van der Waals surface area contributed by atoms with Crippen molar-refractivity contribution in [3.05, 3.63) is 0 Å². The molecule has 0 saturated heterocycles. The number of hydrogen-bond acceptors (Lipinski definition) is 4. The second kappa shape index (κ2) is 6.42. The van der Waals surface area contributed by atoms with E-state index in [0.29, 0.717) is 13.2 Å². The molecule has 0 aromatic rings. The summed E-state index contributed by atoms with van der Waals surface area (Å²) in [6, 6.07) is -0.630. The predicted molar refractivity (Wildman–Crippen MR) is 46.4 cm³/mol. The molecule has 76 valence electrons. The van der Waals surface area contributed by atoms with E-state index in [1.54, 1.807) is 6.92 Å². The molecule has 2 N–H and O–H groups in total. The Kier molecular flexibility index (Phi) is 5.88. The largest absolute Gasteiger partial charge is 0.480 e. The number of aliphatic carboxylic acids is 1. The van der Waals surface area contributed by atoms with Crippen LogP contribution in [0.4, 0.5) is 0 Å². The normalized spacial score (nSPS) is 12.2. The minimum absolute atomic E-state index is 0.200. The van der Waals surface area contributed by atoms with Gasteiger partial charge in [-0.3, -0.25) is 9.59 Å². The van der Waals surface area contributed by atoms with Crippen molar-refractivity contribution in [2.24, 2.45) is 0 Å². The Balaban J connectivity index is 3.44. The van der Waals surface area contributed by atoms with Crippen molar-refractivity contribution in [2.45, 2.75) is 26.3 Å². The molecule has 13 heavy (non-hydrogen) atoms. The molecule has 5 heteroatoms. The minimum atomic E-state index is -0.927. The van der Waals surface area contributed by atoms with Gasteiger partial charge >= 0.3 is 11.9 Å². The molecule has 0 radical (unpaired) electrons. The van der Waals surface area contributed by atoms with Crippen molar-refractivity contribution < 1.29 is 19.4 Å². The smallest absolute Gasteiger partial charge is 0.320 e. The van der Waals surface area contributed by atoms with E-state index in [0.717, 1.165) is 0 Å². The van der Waals surface area contributed by atoms with Crippen LogP contribution in [0.1, 0.15) is 20.3 Å². The maximum Gasteiger partial charge on any atom is 0.320 e. The van der Waals surface area contributed by atoms with Gasteiger partial charge in [0, 0.05) is 6.54 Å². The molecule has 0 spiro atoms. The first-order chi connectivity index (χ1) is 6.07. The van der Waals surface area contributed by atoms with E-state index in [1.807, 2.05) is 0 Å². The molecule has 5 nitrogen and oxygen atoms in total. The Morgan fingerprint density at radius 3 is 2.62 bits per heavy atom. The Labute approximate surface area is 77.1 Å². The van der Waals surface area contributed by atoms with Crippen LogP contribution in [0.15, 0.2) is 0 Å². The molecule has 0 unspecified atom stereocenters. The molecule has 0 aromatic heterocycles. The van der Waals surface area contributed by atoms with Crippen molar-refractivity contribution >= 4 is 11.9 Å². The number of carboxylic acids is 1. The Bertz CT molecular complexity index is 181. The van der Waals surface area contributed by atoms with Crippen molar-refractivity contribution in [3.63, 3.8) is 0 Å². The van der Waals surface area contributed by atoms with E-state index in [-0.39, 0.29) is 12.4 Å². The fourth-order valence-electron chi connectivity index (χ4n) is 0.711. The van der Waals surface area contributed by atoms with Gasteiger partial charge in [0.25, 0.3) is 0 Å². The van der Waals surface area contributed by atoms with Gasteiger partial charge in [-0.2, -0.15) is 0 Å². The van der Waals surface area contributed by atoms with E-state index >= 15 is 0 Å². The summed E-state index contributed by atoms with van der Waals surface area (Å²) in [5.74, 6) is -1.24. The first-order valence-corrected chi connectivity index (χ1v) is 4.19. The van der Waals surface area contributed by atoms with E-state index < -0.39 is 12.0 Å². The standard InChI is InChI=1S/C8H15NO4/c1-3-13-7(10)4-5-9-6(2)8(11)12/h6,9H,3-5H2,1-2H3,(H,11,12)/t6-/m0/s1. The van der Waals surface area contributed by atoms with Crippen LogP contribution in [0.2, 0.25) is 0 Å². The zero-order valence-electron chi connectivity index (χ0n) is 7.87. The Morgan fingerprint density at radius 1 is 1.54 bits per heavy atom. The van der Waals surface area contributed by atoms with Gasteiger partial charge in [0.15, 0.2) is 0 Å². The number of rotatable bonds is 6. The molecule has 0 bridgehead atoms. The van der Waals surface area contributed by atoms with Crippen molar-refractivity contribution in [3.8, 4) is 0 Å². The molecule has 0 aliphatic rings.